The summed E-state index contributed by atoms with van der Waals surface area (Å²) in [7, 11) is 0. The third kappa shape index (κ3) is 2.86. The molecule has 1 unspecified atom stereocenters. The van der Waals surface area contributed by atoms with Crippen LogP contribution in [0.15, 0.2) is 12.3 Å². The van der Waals surface area contributed by atoms with Gasteiger partial charge < -0.3 is 15.4 Å². The van der Waals surface area contributed by atoms with E-state index in [2.05, 4.69) is 23.7 Å². The molecule has 1 aliphatic rings. The van der Waals surface area contributed by atoms with E-state index >= 15 is 0 Å². The van der Waals surface area contributed by atoms with E-state index in [1.165, 1.54) is 0 Å². The van der Waals surface area contributed by atoms with E-state index in [0.717, 1.165) is 19.5 Å². The first-order valence-electron chi connectivity index (χ1n) is 7.21. The molecule has 2 rings (SSSR count). The molecule has 1 aromatic rings. The van der Waals surface area contributed by atoms with Crippen LogP contribution in [-0.2, 0) is 4.74 Å². The van der Waals surface area contributed by atoms with E-state index in [9.17, 15) is 4.79 Å². The van der Waals surface area contributed by atoms with Gasteiger partial charge in [0.1, 0.15) is 0 Å². The number of aromatic nitrogens is 1. The summed E-state index contributed by atoms with van der Waals surface area (Å²) in [6, 6.07) is 1.62. The minimum atomic E-state index is -0.381. The Hall–Kier alpha value is -1.78. The Morgan fingerprint density at radius 2 is 2.35 bits per heavy atom. The third-order valence-electron chi connectivity index (χ3n) is 3.93. The van der Waals surface area contributed by atoms with E-state index in [4.69, 9.17) is 10.5 Å². The zero-order valence-electron chi connectivity index (χ0n) is 12.4. The number of esters is 1. The molecule has 20 heavy (non-hydrogen) atoms. The van der Waals surface area contributed by atoms with Crippen LogP contribution in [0, 0.1) is 11.8 Å². The Morgan fingerprint density at radius 3 is 2.95 bits per heavy atom. The predicted octanol–water partition coefficient (Wildman–Crippen LogP) is 2.32. The zero-order chi connectivity index (χ0) is 14.7. The fourth-order valence-electron chi connectivity index (χ4n) is 2.62. The molecule has 1 saturated heterocycles. The van der Waals surface area contributed by atoms with Gasteiger partial charge in [-0.1, -0.05) is 13.8 Å². The van der Waals surface area contributed by atoms with Gasteiger partial charge in [0.05, 0.1) is 17.9 Å². The Balaban J connectivity index is 2.21. The van der Waals surface area contributed by atoms with Crippen molar-refractivity contribution < 1.29 is 9.53 Å². The average Bonchev–Trinajstić information content (AvgIpc) is 2.88. The van der Waals surface area contributed by atoms with Crippen molar-refractivity contribution >= 4 is 17.5 Å². The monoisotopic (exact) mass is 277 g/mol. The number of ether oxygens (including phenoxy) is 1. The number of carbonyl (C=O) groups is 1. The van der Waals surface area contributed by atoms with Crippen LogP contribution in [0.4, 0.5) is 11.5 Å². The van der Waals surface area contributed by atoms with Gasteiger partial charge in [0.25, 0.3) is 0 Å². The topological polar surface area (TPSA) is 68.5 Å². The van der Waals surface area contributed by atoms with Gasteiger partial charge in [0, 0.05) is 19.3 Å². The first-order chi connectivity index (χ1) is 9.54. The number of nitrogen functional groups attached to an aromatic ring is 1. The summed E-state index contributed by atoms with van der Waals surface area (Å²) in [5, 5.41) is 0. The van der Waals surface area contributed by atoms with Crippen molar-refractivity contribution in [2.75, 3.05) is 30.3 Å². The van der Waals surface area contributed by atoms with Crippen molar-refractivity contribution in [1.29, 1.82) is 0 Å². The van der Waals surface area contributed by atoms with Gasteiger partial charge in [-0.2, -0.15) is 0 Å². The fourth-order valence-corrected chi connectivity index (χ4v) is 2.62. The summed E-state index contributed by atoms with van der Waals surface area (Å²) < 4.78 is 5.02. The van der Waals surface area contributed by atoms with Crippen LogP contribution >= 0.6 is 0 Å². The Bertz CT molecular complexity index is 488. The quantitative estimate of drug-likeness (QED) is 0.855. The number of pyridine rings is 1. The van der Waals surface area contributed by atoms with Gasteiger partial charge >= 0.3 is 5.97 Å². The second kappa shape index (κ2) is 6.11. The number of hydrogen-bond acceptors (Lipinski definition) is 5. The second-order valence-corrected chi connectivity index (χ2v) is 5.56. The average molecular weight is 277 g/mol. The van der Waals surface area contributed by atoms with E-state index in [-0.39, 0.29) is 5.97 Å². The highest BCUT2D eigenvalue weighted by Crippen LogP contribution is 2.31. The molecule has 2 heterocycles. The van der Waals surface area contributed by atoms with Gasteiger partial charge in [0.2, 0.25) is 0 Å². The van der Waals surface area contributed by atoms with Crippen molar-refractivity contribution in [3.05, 3.63) is 17.8 Å². The molecule has 1 aromatic heterocycles. The summed E-state index contributed by atoms with van der Waals surface area (Å²) >= 11 is 0. The molecule has 1 aliphatic heterocycles. The van der Waals surface area contributed by atoms with Gasteiger partial charge in [-0.3, -0.25) is 0 Å². The highest BCUT2D eigenvalue weighted by molar-refractivity contribution is 5.97. The summed E-state index contributed by atoms with van der Waals surface area (Å²) in [4.78, 5) is 18.4. The van der Waals surface area contributed by atoms with Crippen LogP contribution in [-0.4, -0.2) is 30.6 Å². The SMILES string of the molecule is CCOC(=O)c1ccnc(N2CCC(C(C)C)C2)c1N. The Morgan fingerprint density at radius 1 is 1.60 bits per heavy atom. The number of hydrogen-bond donors (Lipinski definition) is 1. The third-order valence-corrected chi connectivity index (χ3v) is 3.93. The lowest BCUT2D eigenvalue weighted by molar-refractivity contribution is 0.0527. The number of carbonyl (C=O) groups excluding carboxylic acids is 1. The fraction of sp³-hybridized carbons (Fsp3) is 0.600. The highest BCUT2D eigenvalue weighted by Gasteiger charge is 2.28. The largest absolute Gasteiger partial charge is 0.462 e. The van der Waals surface area contributed by atoms with Crippen LogP contribution in [0.5, 0.6) is 0 Å². The minimum absolute atomic E-state index is 0.342. The molecular formula is C15H23N3O2. The summed E-state index contributed by atoms with van der Waals surface area (Å²) in [6.45, 7) is 8.48. The van der Waals surface area contributed by atoms with Crippen LogP contribution in [0.2, 0.25) is 0 Å². The van der Waals surface area contributed by atoms with Crippen LogP contribution in [0.25, 0.3) is 0 Å². The molecule has 110 valence electrons. The van der Waals surface area contributed by atoms with Crippen molar-refractivity contribution in [3.63, 3.8) is 0 Å². The van der Waals surface area contributed by atoms with Crippen LogP contribution in [0.3, 0.4) is 0 Å². The van der Waals surface area contributed by atoms with Crippen molar-refractivity contribution in [1.82, 2.24) is 4.98 Å². The van der Waals surface area contributed by atoms with Crippen LogP contribution < -0.4 is 10.6 Å². The number of rotatable bonds is 4. The maximum Gasteiger partial charge on any atom is 0.340 e. The summed E-state index contributed by atoms with van der Waals surface area (Å²) in [5.41, 5.74) is 6.94. The molecular weight excluding hydrogens is 254 g/mol. The van der Waals surface area contributed by atoms with Crippen molar-refractivity contribution in [3.8, 4) is 0 Å². The molecule has 0 aliphatic carbocycles. The standard InChI is InChI=1S/C15H23N3O2/c1-4-20-15(19)12-5-7-17-14(13(12)16)18-8-6-11(9-18)10(2)3/h5,7,10-11H,4,6,8-9,16H2,1-3H3. The molecule has 2 N–H and O–H groups in total. The van der Waals surface area contributed by atoms with E-state index in [0.29, 0.717) is 35.5 Å². The number of nitrogens with zero attached hydrogens (tertiary/aromatic N) is 2. The van der Waals surface area contributed by atoms with Gasteiger partial charge in [-0.15, -0.1) is 0 Å². The molecule has 0 bridgehead atoms. The molecule has 0 radical (unpaired) electrons. The normalized spacial score (nSPS) is 18.6. The lowest BCUT2D eigenvalue weighted by Gasteiger charge is -2.21. The predicted molar refractivity (Wildman–Crippen MR) is 79.8 cm³/mol. The van der Waals surface area contributed by atoms with Gasteiger partial charge in [0.15, 0.2) is 5.82 Å². The lowest BCUT2D eigenvalue weighted by atomic mass is 9.95. The van der Waals surface area contributed by atoms with Crippen molar-refractivity contribution in [2.24, 2.45) is 11.8 Å². The molecule has 0 aromatic carbocycles. The van der Waals surface area contributed by atoms with E-state index in [1.807, 2.05) is 0 Å². The maximum atomic E-state index is 11.9. The molecule has 1 fully saturated rings. The molecule has 5 heteroatoms. The smallest absolute Gasteiger partial charge is 0.340 e. The maximum absolute atomic E-state index is 11.9. The summed E-state index contributed by atoms with van der Waals surface area (Å²) in [5.74, 6) is 1.63. The summed E-state index contributed by atoms with van der Waals surface area (Å²) in [6.07, 6.45) is 2.77. The molecule has 0 amide bonds. The number of anilines is 2. The molecule has 0 saturated carbocycles. The van der Waals surface area contributed by atoms with Gasteiger partial charge in [-0.05, 0) is 31.2 Å². The second-order valence-electron chi connectivity index (χ2n) is 5.56. The minimum Gasteiger partial charge on any atom is -0.462 e. The number of nitrogens with two attached hydrogens (primary N) is 1. The van der Waals surface area contributed by atoms with E-state index in [1.54, 1.807) is 19.2 Å². The molecule has 1 atom stereocenters. The zero-order valence-corrected chi connectivity index (χ0v) is 12.4. The lowest BCUT2D eigenvalue weighted by Crippen LogP contribution is -2.24. The Labute approximate surface area is 120 Å². The highest BCUT2D eigenvalue weighted by atomic mass is 16.5. The first-order valence-corrected chi connectivity index (χ1v) is 7.21. The van der Waals surface area contributed by atoms with Crippen molar-refractivity contribution in [2.45, 2.75) is 27.2 Å². The Kier molecular flexibility index (Phi) is 4.47. The van der Waals surface area contributed by atoms with E-state index < -0.39 is 0 Å². The van der Waals surface area contributed by atoms with Crippen LogP contribution in [0.1, 0.15) is 37.6 Å². The first kappa shape index (κ1) is 14.6. The molecule has 5 nitrogen and oxygen atoms in total. The molecule has 0 spiro atoms. The van der Waals surface area contributed by atoms with Gasteiger partial charge in [-0.25, -0.2) is 9.78 Å².